The average Bonchev–Trinajstić information content (AvgIpc) is 3.08. The number of hydrogen-bond acceptors (Lipinski definition) is 4. The Hall–Kier alpha value is -2.80. The molecule has 148 valence electrons. The van der Waals surface area contributed by atoms with E-state index in [0.29, 0.717) is 17.5 Å². The number of hydrogen-bond donors (Lipinski definition) is 1. The Morgan fingerprint density at radius 1 is 1.14 bits per heavy atom. The van der Waals surface area contributed by atoms with E-state index in [0.717, 1.165) is 22.9 Å². The molecule has 3 rings (SSSR count). The van der Waals surface area contributed by atoms with Gasteiger partial charge >= 0.3 is 5.97 Å². The van der Waals surface area contributed by atoms with Crippen LogP contribution in [0.15, 0.2) is 54.7 Å². The minimum absolute atomic E-state index is 0.377. The number of esters is 1. The van der Waals surface area contributed by atoms with Crippen LogP contribution in [0.5, 0.6) is 0 Å². The first-order valence-corrected chi connectivity index (χ1v) is 10.9. The zero-order valence-corrected chi connectivity index (χ0v) is 17.2. The molecule has 0 aliphatic carbocycles. The molecule has 0 saturated carbocycles. The lowest BCUT2D eigenvalue weighted by Gasteiger charge is -2.33. The van der Waals surface area contributed by atoms with Gasteiger partial charge in [-0.25, -0.2) is 13.2 Å². The number of benzene rings is 2. The molecule has 1 aromatic heterocycles. The number of anilines is 1. The van der Waals surface area contributed by atoms with Gasteiger partial charge in [0.1, 0.15) is 0 Å². The highest BCUT2D eigenvalue weighted by atomic mass is 32.2. The molecular weight excluding hydrogens is 376 g/mol. The number of aromatic nitrogens is 1. The second-order valence-corrected chi connectivity index (χ2v) is 8.62. The molecule has 28 heavy (non-hydrogen) atoms. The molecule has 1 unspecified atom stereocenters. The second kappa shape index (κ2) is 7.31. The molecule has 6 nitrogen and oxygen atoms in total. The van der Waals surface area contributed by atoms with E-state index in [1.165, 1.54) is 7.11 Å². The molecule has 0 radical (unpaired) electrons. The molecule has 0 aliphatic rings. The molecular formula is C21H24N2O4S. The summed E-state index contributed by atoms with van der Waals surface area (Å²) in [5.74, 6) is -0.377. The van der Waals surface area contributed by atoms with Crippen molar-refractivity contribution < 1.29 is 17.9 Å². The summed E-state index contributed by atoms with van der Waals surface area (Å²) in [5, 5.41) is 0.710. The van der Waals surface area contributed by atoms with E-state index in [1.54, 1.807) is 18.3 Å². The van der Waals surface area contributed by atoms with E-state index in [4.69, 9.17) is 4.74 Å². The van der Waals surface area contributed by atoms with Crippen LogP contribution in [0.4, 0.5) is 5.69 Å². The van der Waals surface area contributed by atoms with E-state index in [-0.39, 0.29) is 5.97 Å². The first-order chi connectivity index (χ1) is 13.2. The average molecular weight is 401 g/mol. The number of nitrogens with zero attached hydrogens (tertiary/aromatic N) is 1. The Morgan fingerprint density at radius 2 is 1.82 bits per heavy atom. The van der Waals surface area contributed by atoms with E-state index in [2.05, 4.69) is 4.72 Å². The maximum Gasteiger partial charge on any atom is 0.336 e. The van der Waals surface area contributed by atoms with E-state index in [1.807, 2.05) is 54.8 Å². The van der Waals surface area contributed by atoms with E-state index >= 15 is 0 Å². The van der Waals surface area contributed by atoms with Crippen LogP contribution in [0.1, 0.15) is 24.5 Å². The van der Waals surface area contributed by atoms with Crippen LogP contribution in [-0.2, 0) is 25.1 Å². The number of nitrogens with one attached hydrogen (secondary N) is 1. The number of fused-ring (bicyclic) bond motifs is 1. The topological polar surface area (TPSA) is 77.4 Å². The van der Waals surface area contributed by atoms with E-state index < -0.39 is 15.6 Å². The third-order valence-corrected chi connectivity index (χ3v) is 5.59. The van der Waals surface area contributed by atoms with Gasteiger partial charge in [0.2, 0.25) is 10.0 Å². The Kier molecular flexibility index (Phi) is 5.21. The molecule has 7 heteroatoms. The van der Waals surface area contributed by atoms with Crippen molar-refractivity contribution in [2.45, 2.75) is 25.8 Å². The van der Waals surface area contributed by atoms with Crippen molar-refractivity contribution in [3.8, 4) is 0 Å². The van der Waals surface area contributed by atoms with E-state index in [9.17, 15) is 13.2 Å². The standard InChI is InChI=1S/C21H24N2O4S/c1-5-21(20(24)27-3,16-11-9-15(2)10-12-16)23-14-13-17-18(22-28(4,25)26)7-6-8-19(17)23/h6-14,22H,5H2,1-4H3. The smallest absolute Gasteiger partial charge is 0.336 e. The van der Waals surface area contributed by atoms with Crippen molar-refractivity contribution in [3.05, 3.63) is 65.9 Å². The summed E-state index contributed by atoms with van der Waals surface area (Å²) < 4.78 is 33.1. The molecule has 2 aromatic carbocycles. The minimum atomic E-state index is -3.43. The molecule has 1 heterocycles. The molecule has 0 bridgehead atoms. The Balaban J connectivity index is 2.30. The van der Waals surface area contributed by atoms with Gasteiger partial charge in [0, 0.05) is 11.6 Å². The van der Waals surface area contributed by atoms with Crippen LogP contribution in [0.2, 0.25) is 0 Å². The zero-order valence-electron chi connectivity index (χ0n) is 16.4. The highest BCUT2D eigenvalue weighted by molar-refractivity contribution is 7.92. The molecule has 0 saturated heterocycles. The fraction of sp³-hybridized carbons (Fsp3) is 0.286. The summed E-state index contributed by atoms with van der Waals surface area (Å²) in [5.41, 5.74) is 2.05. The third kappa shape index (κ3) is 3.38. The molecule has 0 amide bonds. The third-order valence-electron chi connectivity index (χ3n) is 5.00. The minimum Gasteiger partial charge on any atom is -0.467 e. The quantitative estimate of drug-likeness (QED) is 0.641. The predicted octanol–water partition coefficient (Wildman–Crippen LogP) is 3.65. The number of ether oxygens (including phenoxy) is 1. The fourth-order valence-electron chi connectivity index (χ4n) is 3.66. The molecule has 1 N–H and O–H groups in total. The van der Waals surface area contributed by atoms with Crippen LogP contribution < -0.4 is 4.72 Å². The van der Waals surface area contributed by atoms with Crippen molar-refractivity contribution in [1.82, 2.24) is 4.57 Å². The Morgan fingerprint density at radius 3 is 2.39 bits per heavy atom. The Bertz CT molecular complexity index is 1120. The highest BCUT2D eigenvalue weighted by Gasteiger charge is 2.42. The molecule has 0 fully saturated rings. The van der Waals surface area contributed by atoms with Crippen LogP contribution in [0, 0.1) is 6.92 Å². The van der Waals surface area contributed by atoms with Crippen LogP contribution in [0.25, 0.3) is 10.9 Å². The van der Waals surface area contributed by atoms with Crippen molar-refractivity contribution in [3.63, 3.8) is 0 Å². The molecule has 0 aliphatic heterocycles. The maximum atomic E-state index is 13.1. The number of methoxy groups -OCH3 is 1. The monoisotopic (exact) mass is 400 g/mol. The maximum absolute atomic E-state index is 13.1. The number of rotatable bonds is 6. The van der Waals surface area contributed by atoms with Gasteiger partial charge in [-0.3, -0.25) is 4.72 Å². The van der Waals surface area contributed by atoms with Gasteiger partial charge in [-0.2, -0.15) is 0 Å². The molecule has 1 atom stereocenters. The summed E-state index contributed by atoms with van der Waals surface area (Å²) in [6.07, 6.45) is 3.38. The summed E-state index contributed by atoms with van der Waals surface area (Å²) in [6, 6.07) is 14.9. The normalized spacial score (nSPS) is 13.9. The van der Waals surface area contributed by atoms with Crippen LogP contribution >= 0.6 is 0 Å². The first-order valence-electron chi connectivity index (χ1n) is 8.97. The summed E-state index contributed by atoms with van der Waals surface area (Å²) in [4.78, 5) is 13.1. The largest absolute Gasteiger partial charge is 0.467 e. The summed E-state index contributed by atoms with van der Waals surface area (Å²) in [6.45, 7) is 3.92. The SMILES string of the molecule is CCC(C(=O)OC)(c1ccc(C)cc1)n1ccc2c(NS(C)(=O)=O)cccc21. The number of carbonyl (C=O) groups excluding carboxylic acids is 1. The molecule has 3 aromatic rings. The van der Waals surface area contributed by atoms with Crippen LogP contribution in [-0.4, -0.2) is 32.3 Å². The summed E-state index contributed by atoms with van der Waals surface area (Å²) >= 11 is 0. The van der Waals surface area contributed by atoms with Crippen molar-refractivity contribution in [2.75, 3.05) is 18.1 Å². The van der Waals surface area contributed by atoms with Crippen LogP contribution in [0.3, 0.4) is 0 Å². The molecule has 0 spiro atoms. The zero-order chi connectivity index (χ0) is 20.5. The highest BCUT2D eigenvalue weighted by Crippen LogP contribution is 2.37. The van der Waals surface area contributed by atoms with Gasteiger partial charge in [-0.15, -0.1) is 0 Å². The van der Waals surface area contributed by atoms with Gasteiger partial charge < -0.3 is 9.30 Å². The number of carbonyl (C=O) groups is 1. The van der Waals surface area contributed by atoms with Crippen molar-refractivity contribution >= 4 is 32.6 Å². The lowest BCUT2D eigenvalue weighted by atomic mass is 9.86. The fourth-order valence-corrected chi connectivity index (χ4v) is 4.24. The first kappa shape index (κ1) is 19.9. The van der Waals surface area contributed by atoms with Gasteiger partial charge in [0.25, 0.3) is 0 Å². The van der Waals surface area contributed by atoms with Gasteiger partial charge in [0.05, 0.1) is 24.6 Å². The van der Waals surface area contributed by atoms with Gasteiger partial charge in [0.15, 0.2) is 5.54 Å². The van der Waals surface area contributed by atoms with Gasteiger partial charge in [-0.1, -0.05) is 42.8 Å². The Labute approximate surface area is 165 Å². The van der Waals surface area contributed by atoms with Gasteiger partial charge in [-0.05, 0) is 37.1 Å². The summed E-state index contributed by atoms with van der Waals surface area (Å²) in [7, 11) is -2.05. The van der Waals surface area contributed by atoms with Crippen molar-refractivity contribution in [1.29, 1.82) is 0 Å². The van der Waals surface area contributed by atoms with Crippen molar-refractivity contribution in [2.24, 2.45) is 0 Å². The number of sulfonamides is 1. The lowest BCUT2D eigenvalue weighted by molar-refractivity contribution is -0.149. The predicted molar refractivity (Wildman–Crippen MR) is 111 cm³/mol. The lowest BCUT2D eigenvalue weighted by Crippen LogP contribution is -2.43. The second-order valence-electron chi connectivity index (χ2n) is 6.87. The number of aryl methyl sites for hydroxylation is 1.